The Morgan fingerprint density at radius 2 is 1.80 bits per heavy atom. The van der Waals surface area contributed by atoms with Crippen molar-refractivity contribution in [2.24, 2.45) is 11.8 Å². The Hall–Kier alpha value is -1.52. The number of sulfone groups is 1. The van der Waals surface area contributed by atoms with E-state index in [2.05, 4.69) is 19.6 Å². The summed E-state index contributed by atoms with van der Waals surface area (Å²) < 4.78 is 68.5. The molecule has 2 aliphatic rings. The van der Waals surface area contributed by atoms with Gasteiger partial charge < -0.3 is 14.6 Å². The molecule has 35 heavy (non-hydrogen) atoms. The van der Waals surface area contributed by atoms with E-state index < -0.39 is 52.2 Å². The van der Waals surface area contributed by atoms with Gasteiger partial charge in [-0.25, -0.2) is 17.2 Å². The van der Waals surface area contributed by atoms with Crippen molar-refractivity contribution < 1.29 is 31.8 Å². The zero-order valence-electron chi connectivity index (χ0n) is 20.1. The molecule has 0 saturated heterocycles. The van der Waals surface area contributed by atoms with Crippen molar-refractivity contribution in [1.82, 2.24) is 0 Å². The van der Waals surface area contributed by atoms with Gasteiger partial charge in [0, 0.05) is 31.5 Å². The molecule has 1 aliphatic heterocycles. The fourth-order valence-corrected chi connectivity index (χ4v) is 8.59. The molecule has 1 heterocycles. The van der Waals surface area contributed by atoms with Crippen LogP contribution in [0.3, 0.4) is 0 Å². The highest BCUT2D eigenvalue weighted by Gasteiger charge is 2.62. The largest absolute Gasteiger partial charge is 0.490 e. The molecule has 0 aromatic heterocycles. The highest BCUT2D eigenvalue weighted by atomic mass is 35.5. The number of aliphatic hydroxyl groups excluding tert-OH is 1. The summed E-state index contributed by atoms with van der Waals surface area (Å²) in [6.45, 7) is 7.07. The second-order valence-electron chi connectivity index (χ2n) is 10.7. The van der Waals surface area contributed by atoms with Crippen LogP contribution in [0, 0.1) is 23.5 Å². The summed E-state index contributed by atoms with van der Waals surface area (Å²) in [5, 5.41) is 11.3. The number of aliphatic hydroxyl groups is 1. The lowest BCUT2D eigenvalue weighted by atomic mass is 9.66. The van der Waals surface area contributed by atoms with Gasteiger partial charge in [-0.15, -0.1) is 0 Å². The van der Waals surface area contributed by atoms with E-state index in [-0.39, 0.29) is 42.3 Å². The van der Waals surface area contributed by atoms with Crippen molar-refractivity contribution in [2.75, 3.05) is 19.8 Å². The van der Waals surface area contributed by atoms with Gasteiger partial charge in [0.15, 0.2) is 21.4 Å². The SMILES string of the molecule is C[Si](C)(C)CCOC[C@@H]1[C@H](O)CC[C@@]2(S(=O)(=O)c3ccc(Cl)cc3)c3c(F)ccc(F)c3OC[C@@H]12. The molecule has 2 aromatic carbocycles. The molecule has 1 saturated carbocycles. The third-order valence-electron chi connectivity index (χ3n) is 7.22. The number of hydrogen-bond acceptors (Lipinski definition) is 5. The Morgan fingerprint density at radius 1 is 1.14 bits per heavy atom. The van der Waals surface area contributed by atoms with Crippen molar-refractivity contribution in [3.8, 4) is 5.75 Å². The Morgan fingerprint density at radius 3 is 2.46 bits per heavy atom. The number of halogens is 3. The molecule has 0 radical (unpaired) electrons. The van der Waals surface area contributed by atoms with Crippen LogP contribution >= 0.6 is 11.6 Å². The van der Waals surface area contributed by atoms with Crippen molar-refractivity contribution in [1.29, 1.82) is 0 Å². The van der Waals surface area contributed by atoms with Crippen LogP contribution in [0.2, 0.25) is 30.7 Å². The molecule has 4 atom stereocenters. The first-order valence-corrected chi connectivity index (χ1v) is 17.3. The van der Waals surface area contributed by atoms with Crippen LogP contribution in [-0.4, -0.2) is 47.5 Å². The average molecular weight is 545 g/mol. The minimum Gasteiger partial charge on any atom is -0.490 e. The third kappa shape index (κ3) is 4.78. The smallest absolute Gasteiger partial charge is 0.188 e. The highest BCUT2D eigenvalue weighted by Crippen LogP contribution is 2.58. The summed E-state index contributed by atoms with van der Waals surface area (Å²) in [6.07, 6.45) is -0.839. The summed E-state index contributed by atoms with van der Waals surface area (Å²) in [6, 6.07) is 8.44. The van der Waals surface area contributed by atoms with E-state index in [9.17, 15) is 17.9 Å². The number of hydrogen-bond donors (Lipinski definition) is 1. The van der Waals surface area contributed by atoms with Crippen LogP contribution in [0.5, 0.6) is 5.75 Å². The molecule has 0 amide bonds. The number of rotatable bonds is 7. The Labute approximate surface area is 211 Å². The van der Waals surface area contributed by atoms with Crippen LogP contribution in [0.15, 0.2) is 41.3 Å². The monoisotopic (exact) mass is 544 g/mol. The second-order valence-corrected chi connectivity index (χ2v) is 18.9. The van der Waals surface area contributed by atoms with Crippen LogP contribution in [0.4, 0.5) is 8.78 Å². The first kappa shape index (κ1) is 26.5. The summed E-state index contributed by atoms with van der Waals surface area (Å²) >= 11 is 5.98. The average Bonchev–Trinajstić information content (AvgIpc) is 2.79. The molecule has 1 fully saturated rings. The number of benzene rings is 2. The van der Waals surface area contributed by atoms with Gasteiger partial charge in [0.2, 0.25) is 0 Å². The standard InChI is InChI=1S/C25H31ClF2O5SSi/c1-35(2,3)13-12-32-14-18-19-15-33-24-21(28)9-8-20(27)23(24)25(19,11-10-22(18)29)34(30,31)17-6-4-16(26)5-7-17/h4-9,18-19,22,29H,10-15H2,1-3H3/t18-,19-,22+,25-/m0/s1. The first-order valence-electron chi connectivity index (χ1n) is 11.8. The van der Waals surface area contributed by atoms with Gasteiger partial charge in [0.1, 0.15) is 10.6 Å². The summed E-state index contributed by atoms with van der Waals surface area (Å²) in [5.74, 6) is -3.53. The van der Waals surface area contributed by atoms with Gasteiger partial charge in [-0.3, -0.25) is 0 Å². The third-order valence-corrected chi connectivity index (χ3v) is 11.7. The van der Waals surface area contributed by atoms with Gasteiger partial charge in [-0.05, 0) is 55.3 Å². The van der Waals surface area contributed by atoms with Crippen LogP contribution in [0.25, 0.3) is 0 Å². The molecule has 1 N–H and O–H groups in total. The van der Waals surface area contributed by atoms with E-state index in [4.69, 9.17) is 21.1 Å². The number of fused-ring (bicyclic) bond motifs is 3. The van der Waals surface area contributed by atoms with E-state index in [0.717, 1.165) is 18.2 Å². The maximum atomic E-state index is 15.4. The molecular formula is C25H31ClF2O5SSi. The maximum Gasteiger partial charge on any atom is 0.188 e. The minimum atomic E-state index is -4.27. The van der Waals surface area contributed by atoms with Crippen LogP contribution in [0.1, 0.15) is 18.4 Å². The molecule has 5 nitrogen and oxygen atoms in total. The topological polar surface area (TPSA) is 72.8 Å². The lowest BCUT2D eigenvalue weighted by Gasteiger charge is -2.51. The van der Waals surface area contributed by atoms with Gasteiger partial charge in [-0.1, -0.05) is 31.2 Å². The fourth-order valence-electron chi connectivity index (χ4n) is 5.30. The van der Waals surface area contributed by atoms with Gasteiger partial charge >= 0.3 is 0 Å². The molecule has 2 aromatic rings. The van der Waals surface area contributed by atoms with Crippen molar-refractivity contribution in [2.45, 2.75) is 54.3 Å². The van der Waals surface area contributed by atoms with Crippen molar-refractivity contribution in [3.63, 3.8) is 0 Å². The van der Waals surface area contributed by atoms with Crippen LogP contribution < -0.4 is 4.74 Å². The summed E-state index contributed by atoms with van der Waals surface area (Å²) in [5.41, 5.74) is -0.303. The lowest BCUT2D eigenvalue weighted by Crippen LogP contribution is -2.58. The van der Waals surface area contributed by atoms with E-state index >= 15 is 4.39 Å². The first-order chi connectivity index (χ1) is 16.4. The summed E-state index contributed by atoms with van der Waals surface area (Å²) in [7, 11) is -5.63. The lowest BCUT2D eigenvalue weighted by molar-refractivity contribution is -0.0583. The molecule has 10 heteroatoms. The Kier molecular flexibility index (Phi) is 7.39. The van der Waals surface area contributed by atoms with Gasteiger partial charge in [0.05, 0.1) is 29.8 Å². The summed E-state index contributed by atoms with van der Waals surface area (Å²) in [4.78, 5) is -0.0433. The zero-order chi connectivity index (χ0) is 25.6. The van der Waals surface area contributed by atoms with Crippen molar-refractivity contribution in [3.05, 3.63) is 58.6 Å². The molecular weight excluding hydrogens is 514 g/mol. The Bertz CT molecular complexity index is 1190. The maximum absolute atomic E-state index is 15.4. The second kappa shape index (κ2) is 9.74. The highest BCUT2D eigenvalue weighted by molar-refractivity contribution is 7.92. The normalized spacial score (nSPS) is 26.5. The van der Waals surface area contributed by atoms with Crippen LogP contribution in [-0.2, 0) is 19.3 Å². The van der Waals surface area contributed by atoms with Gasteiger partial charge in [0.25, 0.3) is 0 Å². The van der Waals surface area contributed by atoms with E-state index in [1.165, 1.54) is 24.3 Å². The fraction of sp³-hybridized carbons (Fsp3) is 0.520. The molecule has 192 valence electrons. The quantitative estimate of drug-likeness (QED) is 0.372. The molecule has 0 unspecified atom stereocenters. The molecule has 0 bridgehead atoms. The minimum absolute atomic E-state index is 0.0433. The predicted molar refractivity (Wildman–Crippen MR) is 133 cm³/mol. The molecule has 4 rings (SSSR count). The van der Waals surface area contributed by atoms with Gasteiger partial charge in [-0.2, -0.15) is 0 Å². The molecule has 0 spiro atoms. The van der Waals surface area contributed by atoms with Crippen molar-refractivity contribution >= 4 is 29.5 Å². The zero-order valence-corrected chi connectivity index (χ0v) is 22.6. The molecule has 1 aliphatic carbocycles. The predicted octanol–water partition coefficient (Wildman–Crippen LogP) is 5.42. The Balaban J connectivity index is 1.83. The number of ether oxygens (including phenoxy) is 2. The van der Waals surface area contributed by atoms with E-state index in [0.29, 0.717) is 11.6 Å². The van der Waals surface area contributed by atoms with E-state index in [1.807, 2.05) is 0 Å². The van der Waals surface area contributed by atoms with E-state index in [1.54, 1.807) is 0 Å².